The van der Waals surface area contributed by atoms with Gasteiger partial charge in [0.05, 0.1) is 11.1 Å². The van der Waals surface area contributed by atoms with Gasteiger partial charge >= 0.3 is 0 Å². The van der Waals surface area contributed by atoms with Gasteiger partial charge in [0.15, 0.2) is 0 Å². The number of anilines is 1. The van der Waals surface area contributed by atoms with Crippen LogP contribution in [-0.2, 0) is 0 Å². The maximum Gasteiger partial charge on any atom is 0.250 e. The molecule has 1 aliphatic rings. The van der Waals surface area contributed by atoms with Gasteiger partial charge in [-0.3, -0.25) is 9.79 Å². The van der Waals surface area contributed by atoms with Gasteiger partial charge in [-0.1, -0.05) is 24.3 Å². The summed E-state index contributed by atoms with van der Waals surface area (Å²) < 4.78 is 0. The van der Waals surface area contributed by atoms with Gasteiger partial charge in [0.1, 0.15) is 12.1 Å². The molecule has 4 rings (SSSR count). The Balaban J connectivity index is 1.66. The van der Waals surface area contributed by atoms with Crippen molar-refractivity contribution in [3.05, 3.63) is 65.5 Å². The number of carbonyl (C=O) groups is 1. The Hall–Kier alpha value is -3.32. The van der Waals surface area contributed by atoms with Crippen LogP contribution in [0.2, 0.25) is 0 Å². The fourth-order valence-electron chi connectivity index (χ4n) is 3.78. The monoisotopic (exact) mass is 374 g/mol. The normalized spacial score (nSPS) is 19.3. The summed E-state index contributed by atoms with van der Waals surface area (Å²) in [4.78, 5) is 24.5. The SMILES string of the molecule is C/N=C\c1cccc([C@@H]2CNC[C@@H]2Nc2ncnc3c(C(N)=O)cccc23)c1. The van der Waals surface area contributed by atoms with Gasteiger partial charge in [0.2, 0.25) is 0 Å². The highest BCUT2D eigenvalue weighted by molar-refractivity contribution is 6.06. The van der Waals surface area contributed by atoms with E-state index in [2.05, 4.69) is 43.8 Å². The van der Waals surface area contributed by atoms with Crippen molar-refractivity contribution in [3.63, 3.8) is 0 Å². The number of hydrogen-bond acceptors (Lipinski definition) is 6. The molecule has 7 heteroatoms. The highest BCUT2D eigenvalue weighted by atomic mass is 16.1. The lowest BCUT2D eigenvalue weighted by Gasteiger charge is -2.22. The van der Waals surface area contributed by atoms with Crippen molar-refractivity contribution < 1.29 is 4.79 Å². The molecule has 1 aromatic heterocycles. The second-order valence-electron chi connectivity index (χ2n) is 6.86. The first-order valence-corrected chi connectivity index (χ1v) is 9.20. The molecule has 1 saturated heterocycles. The molecule has 3 aromatic rings. The predicted molar refractivity (Wildman–Crippen MR) is 111 cm³/mol. The number of carbonyl (C=O) groups excluding carboxylic acids is 1. The first-order valence-electron chi connectivity index (χ1n) is 9.20. The van der Waals surface area contributed by atoms with Gasteiger partial charge < -0.3 is 16.4 Å². The summed E-state index contributed by atoms with van der Waals surface area (Å²) in [5.74, 6) is 0.498. The van der Waals surface area contributed by atoms with E-state index in [4.69, 9.17) is 5.73 Å². The van der Waals surface area contributed by atoms with Gasteiger partial charge in [0.25, 0.3) is 5.91 Å². The second kappa shape index (κ2) is 7.74. The second-order valence-corrected chi connectivity index (χ2v) is 6.86. The van der Waals surface area contributed by atoms with Crippen molar-refractivity contribution in [1.82, 2.24) is 15.3 Å². The van der Waals surface area contributed by atoms with Gasteiger partial charge in [0, 0.05) is 43.7 Å². The number of benzene rings is 2. The Bertz CT molecular complexity index is 1050. The van der Waals surface area contributed by atoms with Crippen LogP contribution in [0, 0.1) is 0 Å². The number of primary amides is 1. The van der Waals surface area contributed by atoms with E-state index in [1.54, 1.807) is 19.2 Å². The van der Waals surface area contributed by atoms with E-state index in [0.717, 1.165) is 24.0 Å². The summed E-state index contributed by atoms with van der Waals surface area (Å²) in [5, 5.41) is 7.80. The Morgan fingerprint density at radius 2 is 2.11 bits per heavy atom. The highest BCUT2D eigenvalue weighted by Crippen LogP contribution is 2.28. The van der Waals surface area contributed by atoms with Crippen LogP contribution < -0.4 is 16.4 Å². The van der Waals surface area contributed by atoms with Crippen molar-refractivity contribution >= 4 is 28.8 Å². The number of nitrogens with zero attached hydrogens (tertiary/aromatic N) is 3. The third-order valence-corrected chi connectivity index (χ3v) is 5.08. The summed E-state index contributed by atoms with van der Waals surface area (Å²) in [6.45, 7) is 1.69. The molecule has 28 heavy (non-hydrogen) atoms. The van der Waals surface area contributed by atoms with Crippen molar-refractivity contribution in [2.45, 2.75) is 12.0 Å². The molecule has 4 N–H and O–H groups in total. The minimum absolute atomic E-state index is 0.157. The lowest BCUT2D eigenvalue weighted by molar-refractivity contribution is 0.100. The Morgan fingerprint density at radius 1 is 1.25 bits per heavy atom. The van der Waals surface area contributed by atoms with Crippen molar-refractivity contribution in [3.8, 4) is 0 Å². The van der Waals surface area contributed by atoms with Crippen LogP contribution in [0.25, 0.3) is 10.9 Å². The summed E-state index contributed by atoms with van der Waals surface area (Å²) in [6.07, 6.45) is 3.32. The lowest BCUT2D eigenvalue weighted by atomic mass is 9.93. The van der Waals surface area contributed by atoms with Crippen LogP contribution in [0.3, 0.4) is 0 Å². The summed E-state index contributed by atoms with van der Waals surface area (Å²) >= 11 is 0. The molecule has 0 saturated carbocycles. The van der Waals surface area contributed by atoms with Crippen molar-refractivity contribution in [2.24, 2.45) is 10.7 Å². The minimum atomic E-state index is -0.495. The quantitative estimate of drug-likeness (QED) is 0.592. The van der Waals surface area contributed by atoms with Crippen LogP contribution in [0.4, 0.5) is 5.82 Å². The minimum Gasteiger partial charge on any atom is -0.366 e. The molecule has 1 fully saturated rings. The zero-order valence-electron chi connectivity index (χ0n) is 15.6. The molecule has 2 heterocycles. The average Bonchev–Trinajstić information content (AvgIpc) is 3.16. The fourth-order valence-corrected chi connectivity index (χ4v) is 3.78. The predicted octanol–water partition coefficient (Wildman–Crippen LogP) is 1.94. The zero-order valence-corrected chi connectivity index (χ0v) is 15.6. The lowest BCUT2D eigenvalue weighted by Crippen LogP contribution is -2.28. The summed E-state index contributed by atoms with van der Waals surface area (Å²) in [5.41, 5.74) is 8.79. The Morgan fingerprint density at radius 3 is 2.93 bits per heavy atom. The molecular formula is C21H22N6O. The van der Waals surface area contributed by atoms with Gasteiger partial charge in [-0.2, -0.15) is 0 Å². The zero-order chi connectivity index (χ0) is 19.5. The van der Waals surface area contributed by atoms with Crippen LogP contribution in [0.5, 0.6) is 0 Å². The smallest absolute Gasteiger partial charge is 0.250 e. The molecule has 2 aromatic carbocycles. The Kier molecular flexibility index (Phi) is 4.99. The number of fused-ring (bicyclic) bond motifs is 1. The van der Waals surface area contributed by atoms with Crippen LogP contribution >= 0.6 is 0 Å². The molecule has 0 unspecified atom stereocenters. The van der Waals surface area contributed by atoms with Crippen molar-refractivity contribution in [1.29, 1.82) is 0 Å². The van der Waals surface area contributed by atoms with E-state index < -0.39 is 5.91 Å². The number of nitrogens with two attached hydrogens (primary N) is 1. The topological polar surface area (TPSA) is 105 Å². The number of nitrogens with one attached hydrogen (secondary N) is 2. The molecule has 0 spiro atoms. The van der Waals surface area contributed by atoms with Gasteiger partial charge in [-0.05, 0) is 29.3 Å². The van der Waals surface area contributed by atoms with Gasteiger partial charge in [-0.25, -0.2) is 9.97 Å². The molecule has 1 aliphatic heterocycles. The van der Waals surface area contributed by atoms with E-state index in [0.29, 0.717) is 16.9 Å². The van der Waals surface area contributed by atoms with Gasteiger partial charge in [-0.15, -0.1) is 0 Å². The number of rotatable bonds is 5. The standard InChI is InChI=1S/C21H22N6O/c1-23-9-13-4-2-5-14(8-13)17-10-24-11-18(17)27-21-16-7-3-6-15(20(22)28)19(16)25-12-26-21/h2-9,12,17-18,24H,10-11H2,1H3,(H2,22,28)(H,25,26,27)/b23-9-/t17-,18-/m0/s1. The summed E-state index contributed by atoms with van der Waals surface area (Å²) in [6, 6.07) is 14.0. The fraction of sp³-hybridized carbons (Fsp3) is 0.238. The van der Waals surface area contributed by atoms with E-state index in [1.165, 1.54) is 11.9 Å². The maximum absolute atomic E-state index is 11.7. The molecule has 0 aliphatic carbocycles. The number of aromatic nitrogens is 2. The highest BCUT2D eigenvalue weighted by Gasteiger charge is 2.29. The molecule has 2 atom stereocenters. The molecule has 7 nitrogen and oxygen atoms in total. The average molecular weight is 374 g/mol. The third kappa shape index (κ3) is 3.44. The van der Waals surface area contributed by atoms with E-state index >= 15 is 0 Å². The largest absolute Gasteiger partial charge is 0.366 e. The maximum atomic E-state index is 11.7. The third-order valence-electron chi connectivity index (χ3n) is 5.08. The van der Waals surface area contributed by atoms with E-state index in [9.17, 15) is 4.79 Å². The number of hydrogen-bond donors (Lipinski definition) is 3. The van der Waals surface area contributed by atoms with E-state index in [1.807, 2.05) is 18.3 Å². The molecular weight excluding hydrogens is 352 g/mol. The van der Waals surface area contributed by atoms with E-state index in [-0.39, 0.29) is 12.0 Å². The number of amides is 1. The van der Waals surface area contributed by atoms with Crippen LogP contribution in [-0.4, -0.2) is 48.3 Å². The molecule has 0 bridgehead atoms. The number of para-hydroxylation sites is 1. The van der Waals surface area contributed by atoms with Crippen LogP contribution in [0.1, 0.15) is 27.4 Å². The summed E-state index contributed by atoms with van der Waals surface area (Å²) in [7, 11) is 1.77. The first kappa shape index (κ1) is 18.1. The number of aliphatic imine (C=N–C) groups is 1. The van der Waals surface area contributed by atoms with Crippen LogP contribution in [0.15, 0.2) is 53.8 Å². The van der Waals surface area contributed by atoms with Crippen molar-refractivity contribution in [2.75, 3.05) is 25.5 Å². The Labute approximate surface area is 163 Å². The first-order chi connectivity index (χ1) is 13.7. The molecule has 1 amide bonds. The molecule has 142 valence electrons. The molecule has 0 radical (unpaired) electrons.